The Balaban J connectivity index is 1.71. The third kappa shape index (κ3) is 5.40. The molecule has 0 aliphatic carbocycles. The van der Waals surface area contributed by atoms with Gasteiger partial charge in [0, 0.05) is 11.0 Å². The van der Waals surface area contributed by atoms with Gasteiger partial charge in [-0.15, -0.1) is 0 Å². The van der Waals surface area contributed by atoms with E-state index in [1.165, 1.54) is 0 Å². The van der Waals surface area contributed by atoms with Crippen LogP contribution in [-0.2, 0) is 11.4 Å². The lowest BCUT2D eigenvalue weighted by atomic mass is 9.95. The third-order valence-corrected chi connectivity index (χ3v) is 6.65. The average molecular weight is 510 g/mol. The van der Waals surface area contributed by atoms with E-state index >= 15 is 0 Å². The predicted molar refractivity (Wildman–Crippen MR) is 132 cm³/mol. The van der Waals surface area contributed by atoms with Crippen LogP contribution in [0.4, 0.5) is 0 Å². The Labute approximate surface area is 203 Å². The number of nitrogens with zero attached hydrogens (tertiary/aromatic N) is 1. The maximum Gasteiger partial charge on any atom is 0.320 e. The molecule has 3 aromatic carbocycles. The fourth-order valence-electron chi connectivity index (χ4n) is 4.43. The Hall–Kier alpha value is -2.83. The molecule has 1 heterocycles. The van der Waals surface area contributed by atoms with Gasteiger partial charge in [0.1, 0.15) is 12.6 Å². The monoisotopic (exact) mass is 509 g/mol. The second-order valence-electron chi connectivity index (χ2n) is 8.07. The van der Waals surface area contributed by atoms with Crippen LogP contribution in [0.5, 0.6) is 11.5 Å². The van der Waals surface area contributed by atoms with Gasteiger partial charge in [0.25, 0.3) is 0 Å². The summed E-state index contributed by atoms with van der Waals surface area (Å²) in [5.74, 6) is 0.554. The summed E-state index contributed by atoms with van der Waals surface area (Å²) in [5.41, 5.74) is 3.09. The number of hydrogen-bond donors (Lipinski definition) is 1. The van der Waals surface area contributed by atoms with E-state index in [1.54, 1.807) is 0 Å². The van der Waals surface area contributed by atoms with Gasteiger partial charge in [0.05, 0.1) is 12.6 Å². The molecule has 3 aromatic rings. The topological polar surface area (TPSA) is 59.0 Å². The lowest BCUT2D eigenvalue weighted by Crippen LogP contribution is -2.39. The van der Waals surface area contributed by atoms with E-state index in [1.807, 2.05) is 79.7 Å². The number of rotatable bonds is 9. The second kappa shape index (κ2) is 10.9. The van der Waals surface area contributed by atoms with E-state index in [4.69, 9.17) is 9.47 Å². The van der Waals surface area contributed by atoms with Crippen LogP contribution >= 0.6 is 15.9 Å². The van der Waals surface area contributed by atoms with Gasteiger partial charge < -0.3 is 14.6 Å². The summed E-state index contributed by atoms with van der Waals surface area (Å²) in [4.78, 5) is 14.1. The van der Waals surface area contributed by atoms with E-state index < -0.39 is 12.0 Å². The van der Waals surface area contributed by atoms with Crippen LogP contribution in [0.3, 0.4) is 0 Å². The summed E-state index contributed by atoms with van der Waals surface area (Å²) in [6.07, 6.45) is 1.50. The van der Waals surface area contributed by atoms with Crippen molar-refractivity contribution in [2.75, 3.05) is 13.2 Å². The Morgan fingerprint density at radius 1 is 1.06 bits per heavy atom. The smallest absolute Gasteiger partial charge is 0.320 e. The quantitative estimate of drug-likeness (QED) is 0.379. The number of carboxylic acids is 1. The zero-order valence-electron chi connectivity index (χ0n) is 18.6. The maximum atomic E-state index is 12.0. The zero-order valence-corrected chi connectivity index (χ0v) is 20.2. The highest BCUT2D eigenvalue weighted by Crippen LogP contribution is 2.41. The molecule has 172 valence electrons. The summed E-state index contributed by atoms with van der Waals surface area (Å²) < 4.78 is 13.0. The van der Waals surface area contributed by atoms with Gasteiger partial charge >= 0.3 is 5.97 Å². The first-order chi connectivity index (χ1) is 16.1. The van der Waals surface area contributed by atoms with Crippen molar-refractivity contribution in [1.82, 2.24) is 4.90 Å². The Morgan fingerprint density at radius 2 is 1.82 bits per heavy atom. The van der Waals surface area contributed by atoms with Crippen LogP contribution in [0.15, 0.2) is 77.3 Å². The first-order valence-electron chi connectivity index (χ1n) is 11.2. The molecule has 0 aromatic heterocycles. The number of halogens is 1. The van der Waals surface area contributed by atoms with Crippen molar-refractivity contribution in [3.05, 3.63) is 94.0 Å². The van der Waals surface area contributed by atoms with Crippen LogP contribution in [0.25, 0.3) is 0 Å². The summed E-state index contributed by atoms with van der Waals surface area (Å²) in [7, 11) is 0. The highest BCUT2D eigenvalue weighted by atomic mass is 79.9. The van der Waals surface area contributed by atoms with E-state index in [9.17, 15) is 9.90 Å². The summed E-state index contributed by atoms with van der Waals surface area (Å²) in [6.45, 7) is 3.62. The molecule has 5 nitrogen and oxygen atoms in total. The minimum Gasteiger partial charge on any atom is -0.490 e. The van der Waals surface area contributed by atoms with Crippen molar-refractivity contribution >= 4 is 21.9 Å². The first-order valence-corrected chi connectivity index (χ1v) is 12.0. The average Bonchev–Trinajstić information content (AvgIpc) is 3.31. The minimum absolute atomic E-state index is 0.216. The molecule has 33 heavy (non-hydrogen) atoms. The Kier molecular flexibility index (Phi) is 7.68. The molecule has 1 saturated heterocycles. The Bertz CT molecular complexity index is 1090. The third-order valence-electron chi connectivity index (χ3n) is 5.93. The van der Waals surface area contributed by atoms with Crippen molar-refractivity contribution in [2.45, 2.75) is 38.5 Å². The number of hydrogen-bond acceptors (Lipinski definition) is 4. The van der Waals surface area contributed by atoms with Crippen LogP contribution in [0.1, 0.15) is 42.5 Å². The number of ether oxygens (including phenoxy) is 2. The van der Waals surface area contributed by atoms with E-state index in [2.05, 4.69) is 20.8 Å². The highest BCUT2D eigenvalue weighted by Gasteiger charge is 2.37. The van der Waals surface area contributed by atoms with Crippen molar-refractivity contribution in [3.63, 3.8) is 0 Å². The zero-order chi connectivity index (χ0) is 23.2. The lowest BCUT2D eigenvalue weighted by Gasteiger charge is -2.33. The van der Waals surface area contributed by atoms with Crippen LogP contribution in [-0.4, -0.2) is 35.2 Å². The molecule has 1 aliphatic rings. The van der Waals surface area contributed by atoms with Gasteiger partial charge in [-0.25, -0.2) is 0 Å². The van der Waals surface area contributed by atoms with Crippen molar-refractivity contribution in [2.24, 2.45) is 0 Å². The summed E-state index contributed by atoms with van der Waals surface area (Å²) in [6, 6.07) is 23.2. The molecule has 0 radical (unpaired) electrons. The number of carbonyl (C=O) groups is 1. The largest absolute Gasteiger partial charge is 0.490 e. The molecule has 2 atom stereocenters. The number of carboxylic acid groups (broad SMARTS) is 1. The fraction of sp³-hybridized carbons (Fsp3) is 0.296. The molecule has 1 fully saturated rings. The summed E-state index contributed by atoms with van der Waals surface area (Å²) >= 11 is 3.68. The van der Waals surface area contributed by atoms with Gasteiger partial charge in [0.2, 0.25) is 0 Å². The first kappa shape index (κ1) is 23.3. The van der Waals surface area contributed by atoms with Crippen LogP contribution in [0.2, 0.25) is 0 Å². The van der Waals surface area contributed by atoms with E-state index in [0.717, 1.165) is 34.1 Å². The van der Waals surface area contributed by atoms with Crippen molar-refractivity contribution < 1.29 is 19.4 Å². The molecule has 4 rings (SSSR count). The van der Waals surface area contributed by atoms with E-state index in [-0.39, 0.29) is 6.04 Å². The lowest BCUT2D eigenvalue weighted by molar-refractivity contribution is -0.142. The van der Waals surface area contributed by atoms with Crippen LogP contribution in [0, 0.1) is 0 Å². The molecule has 2 unspecified atom stereocenters. The van der Waals surface area contributed by atoms with Gasteiger partial charge in [0.15, 0.2) is 11.5 Å². The molecule has 1 aliphatic heterocycles. The van der Waals surface area contributed by atoms with Gasteiger partial charge in [-0.1, -0.05) is 70.5 Å². The van der Waals surface area contributed by atoms with Gasteiger partial charge in [-0.3, -0.25) is 9.69 Å². The molecule has 0 amide bonds. The molecule has 0 bridgehead atoms. The van der Waals surface area contributed by atoms with Crippen molar-refractivity contribution in [3.8, 4) is 11.5 Å². The normalized spacial score (nSPS) is 17.0. The second-order valence-corrected chi connectivity index (χ2v) is 8.93. The molecule has 0 spiro atoms. The molecule has 1 N–H and O–H groups in total. The summed E-state index contributed by atoms with van der Waals surface area (Å²) in [5, 5.41) is 9.86. The minimum atomic E-state index is -0.780. The SMILES string of the molecule is CCOc1cc(C(c2ccccc2Br)N2CCCC2C(=O)O)ccc1OCc1ccccc1. The van der Waals surface area contributed by atoms with Gasteiger partial charge in [-0.2, -0.15) is 0 Å². The highest BCUT2D eigenvalue weighted by molar-refractivity contribution is 9.10. The molecule has 6 heteroatoms. The fourth-order valence-corrected chi connectivity index (χ4v) is 4.93. The number of aliphatic carboxylic acids is 1. The maximum absolute atomic E-state index is 12.0. The number of benzene rings is 3. The number of likely N-dealkylation sites (tertiary alicyclic amines) is 1. The Morgan fingerprint density at radius 3 is 2.55 bits per heavy atom. The van der Waals surface area contributed by atoms with Crippen molar-refractivity contribution in [1.29, 1.82) is 0 Å². The standard InChI is InChI=1S/C27H28BrNO4/c1-2-32-25-17-20(14-15-24(25)33-18-19-9-4-3-5-10-19)26(21-11-6-7-12-22(21)28)29-16-8-13-23(29)27(30)31/h3-7,9-12,14-15,17,23,26H,2,8,13,16,18H2,1H3,(H,30,31). The predicted octanol–water partition coefficient (Wildman–Crippen LogP) is 6.07. The molecule has 0 saturated carbocycles. The molecular weight excluding hydrogens is 482 g/mol. The van der Waals surface area contributed by atoms with E-state index in [0.29, 0.717) is 31.1 Å². The molecular formula is C27H28BrNO4. The van der Waals surface area contributed by atoms with Crippen LogP contribution < -0.4 is 9.47 Å². The van der Waals surface area contributed by atoms with Gasteiger partial charge in [-0.05, 0) is 54.7 Å².